The number of anilines is 1. The van der Waals surface area contributed by atoms with E-state index in [9.17, 15) is 9.59 Å². The molecule has 5 nitrogen and oxygen atoms in total. The molecule has 4 aromatic rings. The number of nitrogens with one attached hydrogen (secondary N) is 2. The van der Waals surface area contributed by atoms with Gasteiger partial charge in [-0.1, -0.05) is 36.4 Å². The molecule has 0 unspecified atom stereocenters. The van der Waals surface area contributed by atoms with Crippen molar-refractivity contribution in [3.05, 3.63) is 81.1 Å². The molecule has 0 aliphatic rings. The highest BCUT2D eigenvalue weighted by molar-refractivity contribution is 7.17. The fourth-order valence-corrected chi connectivity index (χ4v) is 3.85. The van der Waals surface area contributed by atoms with Gasteiger partial charge in [-0.3, -0.25) is 9.59 Å². The number of carbonyl (C=O) groups is 1. The van der Waals surface area contributed by atoms with Crippen LogP contribution in [0.5, 0.6) is 0 Å². The highest BCUT2D eigenvalue weighted by Crippen LogP contribution is 2.28. The van der Waals surface area contributed by atoms with Crippen molar-refractivity contribution in [3.8, 4) is 10.6 Å². The van der Waals surface area contributed by atoms with Crippen LogP contribution >= 0.6 is 11.3 Å². The average Bonchev–Trinajstić information content (AvgIpc) is 3.05. The van der Waals surface area contributed by atoms with Crippen molar-refractivity contribution < 1.29 is 4.79 Å². The zero-order chi connectivity index (χ0) is 19.0. The molecule has 27 heavy (non-hydrogen) atoms. The Kier molecular flexibility index (Phi) is 4.33. The van der Waals surface area contributed by atoms with Gasteiger partial charge in [0.2, 0.25) is 0 Å². The van der Waals surface area contributed by atoms with Gasteiger partial charge in [0, 0.05) is 16.8 Å². The molecule has 2 N–H and O–H groups in total. The predicted molar refractivity (Wildman–Crippen MR) is 110 cm³/mol. The van der Waals surface area contributed by atoms with Gasteiger partial charge in [0.05, 0.1) is 11.2 Å². The van der Waals surface area contributed by atoms with Gasteiger partial charge < -0.3 is 10.3 Å². The number of rotatable bonds is 3. The number of thiazole rings is 1. The highest BCUT2D eigenvalue weighted by Gasteiger charge is 2.16. The molecule has 0 fully saturated rings. The molecule has 134 valence electrons. The number of aromatic nitrogens is 2. The van der Waals surface area contributed by atoms with Gasteiger partial charge in [0.15, 0.2) is 0 Å². The van der Waals surface area contributed by atoms with E-state index in [0.29, 0.717) is 27.3 Å². The summed E-state index contributed by atoms with van der Waals surface area (Å²) < 4.78 is 0. The van der Waals surface area contributed by atoms with Crippen LogP contribution in [0.3, 0.4) is 0 Å². The Morgan fingerprint density at radius 1 is 1.07 bits per heavy atom. The first-order valence-electron chi connectivity index (χ1n) is 8.49. The molecule has 4 rings (SSSR count). The van der Waals surface area contributed by atoms with Crippen LogP contribution in [0.15, 0.2) is 59.4 Å². The van der Waals surface area contributed by atoms with E-state index >= 15 is 0 Å². The SMILES string of the molecule is Cc1nc(-c2ccccc2)sc1C(=O)Nc1ccc2cc(C)c(=O)[nH]c2c1. The number of benzene rings is 2. The van der Waals surface area contributed by atoms with E-state index in [1.54, 1.807) is 13.0 Å². The first-order chi connectivity index (χ1) is 13.0. The van der Waals surface area contributed by atoms with Gasteiger partial charge >= 0.3 is 0 Å². The molecule has 0 saturated heterocycles. The third kappa shape index (κ3) is 3.39. The summed E-state index contributed by atoms with van der Waals surface area (Å²) in [5.41, 5.74) is 3.53. The molecule has 0 saturated carbocycles. The van der Waals surface area contributed by atoms with Crippen molar-refractivity contribution in [2.24, 2.45) is 0 Å². The Morgan fingerprint density at radius 2 is 1.85 bits per heavy atom. The van der Waals surface area contributed by atoms with Gasteiger partial charge in [-0.05, 0) is 37.4 Å². The van der Waals surface area contributed by atoms with E-state index in [1.165, 1.54) is 11.3 Å². The number of pyridine rings is 1. The number of H-pyrrole nitrogens is 1. The number of carbonyl (C=O) groups excluding carboxylic acids is 1. The Balaban J connectivity index is 1.63. The van der Waals surface area contributed by atoms with Crippen molar-refractivity contribution in [3.63, 3.8) is 0 Å². The molecule has 2 aromatic heterocycles. The minimum atomic E-state index is -0.207. The van der Waals surface area contributed by atoms with Crippen molar-refractivity contribution in [1.82, 2.24) is 9.97 Å². The van der Waals surface area contributed by atoms with Crippen LogP contribution in [-0.4, -0.2) is 15.9 Å². The van der Waals surface area contributed by atoms with Crippen LogP contribution in [0.25, 0.3) is 21.5 Å². The summed E-state index contributed by atoms with van der Waals surface area (Å²) in [7, 11) is 0. The van der Waals surface area contributed by atoms with Crippen LogP contribution in [0, 0.1) is 13.8 Å². The second kappa shape index (κ2) is 6.81. The van der Waals surface area contributed by atoms with E-state index < -0.39 is 0 Å². The number of aryl methyl sites for hydroxylation is 2. The second-order valence-corrected chi connectivity index (χ2v) is 7.34. The number of nitrogens with zero attached hydrogens (tertiary/aromatic N) is 1. The van der Waals surface area contributed by atoms with E-state index in [1.807, 2.05) is 55.5 Å². The van der Waals surface area contributed by atoms with E-state index in [2.05, 4.69) is 15.3 Å². The van der Waals surface area contributed by atoms with Crippen LogP contribution in [0.4, 0.5) is 5.69 Å². The summed E-state index contributed by atoms with van der Waals surface area (Å²) in [6.07, 6.45) is 0. The lowest BCUT2D eigenvalue weighted by Gasteiger charge is -2.06. The largest absolute Gasteiger partial charge is 0.322 e. The van der Waals surface area contributed by atoms with Gasteiger partial charge in [0.25, 0.3) is 11.5 Å². The molecule has 1 amide bonds. The van der Waals surface area contributed by atoms with Gasteiger partial charge in [0.1, 0.15) is 9.88 Å². The lowest BCUT2D eigenvalue weighted by Crippen LogP contribution is -2.12. The van der Waals surface area contributed by atoms with E-state index in [-0.39, 0.29) is 11.5 Å². The molecule has 2 heterocycles. The smallest absolute Gasteiger partial charge is 0.267 e. The van der Waals surface area contributed by atoms with Gasteiger partial charge in [-0.25, -0.2) is 4.98 Å². The number of amides is 1. The molecule has 0 aliphatic heterocycles. The first-order valence-corrected chi connectivity index (χ1v) is 9.31. The normalized spacial score (nSPS) is 10.9. The maximum atomic E-state index is 12.7. The van der Waals surface area contributed by atoms with Crippen molar-refractivity contribution in [2.45, 2.75) is 13.8 Å². The van der Waals surface area contributed by atoms with Crippen LogP contribution < -0.4 is 10.9 Å². The van der Waals surface area contributed by atoms with Crippen molar-refractivity contribution in [1.29, 1.82) is 0 Å². The number of aromatic amines is 1. The van der Waals surface area contributed by atoms with Crippen molar-refractivity contribution >= 4 is 33.8 Å². The molecule has 0 aliphatic carbocycles. The zero-order valence-electron chi connectivity index (χ0n) is 14.9. The molecular weight excluding hydrogens is 358 g/mol. The van der Waals surface area contributed by atoms with Crippen LogP contribution in [0.1, 0.15) is 20.9 Å². The van der Waals surface area contributed by atoms with E-state index in [0.717, 1.165) is 16.0 Å². The summed E-state index contributed by atoms with van der Waals surface area (Å²) in [6, 6.07) is 17.1. The molecule has 0 radical (unpaired) electrons. The maximum Gasteiger partial charge on any atom is 0.267 e. The Morgan fingerprint density at radius 3 is 2.63 bits per heavy atom. The third-order valence-corrected chi connectivity index (χ3v) is 5.52. The van der Waals surface area contributed by atoms with Crippen molar-refractivity contribution in [2.75, 3.05) is 5.32 Å². The number of fused-ring (bicyclic) bond motifs is 1. The minimum absolute atomic E-state index is 0.128. The second-order valence-electron chi connectivity index (χ2n) is 6.34. The summed E-state index contributed by atoms with van der Waals surface area (Å²) in [5.74, 6) is -0.207. The number of hydrogen-bond donors (Lipinski definition) is 2. The number of hydrogen-bond acceptors (Lipinski definition) is 4. The topological polar surface area (TPSA) is 74.8 Å². The minimum Gasteiger partial charge on any atom is -0.322 e. The maximum absolute atomic E-state index is 12.7. The standard InChI is InChI=1S/C21H17N3O2S/c1-12-10-15-8-9-16(11-17(15)24-19(12)25)23-20(26)18-13(2)22-21(27-18)14-6-4-3-5-7-14/h3-11H,1-2H3,(H,23,26)(H,24,25). The fraction of sp³-hybridized carbons (Fsp3) is 0.0952. The molecule has 6 heteroatoms. The van der Waals surface area contributed by atoms with E-state index in [4.69, 9.17) is 0 Å². The highest BCUT2D eigenvalue weighted by atomic mass is 32.1. The monoisotopic (exact) mass is 375 g/mol. The molecule has 0 atom stereocenters. The first kappa shape index (κ1) is 17.2. The third-order valence-electron chi connectivity index (χ3n) is 4.31. The summed E-state index contributed by atoms with van der Waals surface area (Å²) >= 11 is 1.37. The lowest BCUT2D eigenvalue weighted by atomic mass is 10.1. The molecular formula is C21H17N3O2S. The quantitative estimate of drug-likeness (QED) is 0.553. The summed E-state index contributed by atoms with van der Waals surface area (Å²) in [5, 5.41) is 4.64. The Hall–Kier alpha value is -3.25. The average molecular weight is 375 g/mol. The Bertz CT molecular complexity index is 1210. The summed E-state index contributed by atoms with van der Waals surface area (Å²) in [4.78, 5) is 32.5. The summed E-state index contributed by atoms with van der Waals surface area (Å²) in [6.45, 7) is 3.60. The lowest BCUT2D eigenvalue weighted by molar-refractivity contribution is 0.103. The molecule has 0 spiro atoms. The Labute approximate surface area is 159 Å². The predicted octanol–water partition coefficient (Wildman–Crippen LogP) is 4.52. The van der Waals surface area contributed by atoms with Gasteiger partial charge in [-0.2, -0.15) is 0 Å². The fourth-order valence-electron chi connectivity index (χ4n) is 2.89. The van der Waals surface area contributed by atoms with Gasteiger partial charge in [-0.15, -0.1) is 11.3 Å². The van der Waals surface area contributed by atoms with Crippen LogP contribution in [-0.2, 0) is 0 Å². The molecule has 2 aromatic carbocycles. The van der Waals surface area contributed by atoms with Crippen LogP contribution in [0.2, 0.25) is 0 Å². The zero-order valence-corrected chi connectivity index (χ0v) is 15.7. The molecule has 0 bridgehead atoms.